The van der Waals surface area contributed by atoms with Crippen molar-refractivity contribution < 1.29 is 13.6 Å². The summed E-state index contributed by atoms with van der Waals surface area (Å²) >= 11 is 0. The summed E-state index contributed by atoms with van der Waals surface area (Å²) in [6.45, 7) is 6.03. The molecule has 2 aromatic rings. The molecule has 3 N–H and O–H groups in total. The minimum Gasteiger partial charge on any atom is -0.306 e. The van der Waals surface area contributed by atoms with Crippen molar-refractivity contribution in [2.24, 2.45) is 5.10 Å². The molecule has 0 spiro atoms. The van der Waals surface area contributed by atoms with Gasteiger partial charge in [-0.05, 0) is 12.1 Å². The molecule has 0 aliphatic heterocycles. The van der Waals surface area contributed by atoms with E-state index in [-0.39, 0.29) is 11.1 Å². The normalized spacial score (nSPS) is 11.7. The molecule has 122 valence electrons. The zero-order valence-corrected chi connectivity index (χ0v) is 12.9. The van der Waals surface area contributed by atoms with Crippen molar-refractivity contribution in [2.45, 2.75) is 26.2 Å². The van der Waals surface area contributed by atoms with Gasteiger partial charge in [0.25, 0.3) is 0 Å². The van der Waals surface area contributed by atoms with Crippen LogP contribution in [0, 0.1) is 11.6 Å². The highest BCUT2D eigenvalue weighted by molar-refractivity contribution is 5.90. The summed E-state index contributed by atoms with van der Waals surface area (Å²) in [5, 5.41) is 12.9. The number of halogens is 2. The van der Waals surface area contributed by atoms with Crippen LogP contribution in [0.15, 0.2) is 29.5 Å². The van der Waals surface area contributed by atoms with Gasteiger partial charge in [-0.15, -0.1) is 0 Å². The summed E-state index contributed by atoms with van der Waals surface area (Å²) in [5.74, 6) is -1.56. The van der Waals surface area contributed by atoms with E-state index in [1.54, 1.807) is 6.20 Å². The molecule has 0 radical (unpaired) electrons. The van der Waals surface area contributed by atoms with Crippen molar-refractivity contribution in [1.29, 1.82) is 0 Å². The van der Waals surface area contributed by atoms with Crippen LogP contribution < -0.4 is 10.7 Å². The second-order valence-corrected chi connectivity index (χ2v) is 5.93. The number of aromatic amines is 1. The molecule has 0 unspecified atom stereocenters. The van der Waals surface area contributed by atoms with Crippen LogP contribution in [0.25, 0.3) is 0 Å². The smallest absolute Gasteiger partial charge is 0.306 e. The molecule has 0 fully saturated rings. The fourth-order valence-electron chi connectivity index (χ4n) is 1.94. The fourth-order valence-corrected chi connectivity index (χ4v) is 1.94. The van der Waals surface area contributed by atoms with Gasteiger partial charge in [0.2, 0.25) is 0 Å². The third-order valence-corrected chi connectivity index (χ3v) is 2.91. The number of aromatic nitrogens is 2. The summed E-state index contributed by atoms with van der Waals surface area (Å²) in [4.78, 5) is 11.6. The first-order valence-electron chi connectivity index (χ1n) is 6.86. The fraction of sp³-hybridized carbons (Fsp3) is 0.267. The Balaban J connectivity index is 1.98. The van der Waals surface area contributed by atoms with Gasteiger partial charge in [-0.2, -0.15) is 10.2 Å². The Kier molecular flexibility index (Phi) is 4.73. The van der Waals surface area contributed by atoms with E-state index in [9.17, 15) is 13.6 Å². The molecule has 0 saturated heterocycles. The van der Waals surface area contributed by atoms with E-state index in [1.165, 1.54) is 6.21 Å². The molecule has 2 amide bonds. The van der Waals surface area contributed by atoms with Crippen LogP contribution in [0.4, 0.5) is 19.3 Å². The number of H-pyrrole nitrogens is 1. The lowest BCUT2D eigenvalue weighted by molar-refractivity contribution is 0.252. The van der Waals surface area contributed by atoms with Crippen molar-refractivity contribution in [2.75, 3.05) is 5.32 Å². The van der Waals surface area contributed by atoms with Crippen molar-refractivity contribution in [3.63, 3.8) is 0 Å². The largest absolute Gasteiger partial charge is 0.339 e. The predicted octanol–water partition coefficient (Wildman–Crippen LogP) is 3.14. The first-order valence-corrected chi connectivity index (χ1v) is 6.86. The van der Waals surface area contributed by atoms with Gasteiger partial charge < -0.3 is 5.32 Å². The SMILES string of the molecule is CC(C)(C)c1[nH]ncc1C=NNC(=O)Nc1cc(F)cc(F)c1. The molecule has 23 heavy (non-hydrogen) atoms. The Morgan fingerprint density at radius 3 is 2.52 bits per heavy atom. The lowest BCUT2D eigenvalue weighted by Crippen LogP contribution is -2.24. The molecular weight excluding hydrogens is 304 g/mol. The maximum absolute atomic E-state index is 13.0. The molecule has 0 aliphatic carbocycles. The Bertz CT molecular complexity index is 713. The van der Waals surface area contributed by atoms with Crippen LogP contribution in [0.3, 0.4) is 0 Å². The highest BCUT2D eigenvalue weighted by atomic mass is 19.1. The highest BCUT2D eigenvalue weighted by Crippen LogP contribution is 2.22. The quantitative estimate of drug-likeness (QED) is 0.599. The molecule has 8 heteroatoms. The monoisotopic (exact) mass is 321 g/mol. The molecule has 6 nitrogen and oxygen atoms in total. The Morgan fingerprint density at radius 2 is 1.91 bits per heavy atom. The third-order valence-electron chi connectivity index (χ3n) is 2.91. The zero-order valence-electron chi connectivity index (χ0n) is 12.9. The van der Waals surface area contributed by atoms with Gasteiger partial charge >= 0.3 is 6.03 Å². The van der Waals surface area contributed by atoms with Gasteiger partial charge in [-0.25, -0.2) is 19.0 Å². The number of benzene rings is 1. The Labute approximate surface area is 132 Å². The summed E-state index contributed by atoms with van der Waals surface area (Å²) < 4.78 is 26.0. The van der Waals surface area contributed by atoms with E-state index in [2.05, 4.69) is 26.0 Å². The van der Waals surface area contributed by atoms with Gasteiger partial charge in [0.15, 0.2) is 0 Å². The van der Waals surface area contributed by atoms with Crippen LogP contribution in [-0.2, 0) is 5.41 Å². The molecule has 2 rings (SSSR count). The number of hydrogen-bond acceptors (Lipinski definition) is 3. The number of rotatable bonds is 3. The van der Waals surface area contributed by atoms with E-state index in [0.29, 0.717) is 6.07 Å². The van der Waals surface area contributed by atoms with Crippen LogP contribution in [0.1, 0.15) is 32.0 Å². The standard InChI is InChI=1S/C15H17F2N5O/c1-15(2,3)13-9(7-18-21-13)8-19-22-14(23)20-12-5-10(16)4-11(17)6-12/h4-8H,1-3H3,(H,18,21)(H2,20,22,23). The second kappa shape index (κ2) is 6.55. The maximum atomic E-state index is 13.0. The number of anilines is 1. The summed E-state index contributed by atoms with van der Waals surface area (Å²) in [5.41, 5.74) is 3.66. The van der Waals surface area contributed by atoms with Gasteiger partial charge in [-0.1, -0.05) is 20.8 Å². The number of hydrogen-bond donors (Lipinski definition) is 3. The average Bonchev–Trinajstić information content (AvgIpc) is 2.85. The Hall–Kier alpha value is -2.77. The molecule has 1 aromatic carbocycles. The first kappa shape index (κ1) is 16.6. The van der Waals surface area contributed by atoms with Gasteiger partial charge in [0.1, 0.15) is 11.6 Å². The summed E-state index contributed by atoms with van der Waals surface area (Å²) in [7, 11) is 0. The maximum Gasteiger partial charge on any atom is 0.339 e. The molecule has 1 aromatic heterocycles. The van der Waals surface area contributed by atoms with Gasteiger partial charge in [0.05, 0.1) is 12.4 Å². The number of carbonyl (C=O) groups is 1. The van der Waals surface area contributed by atoms with Crippen molar-refractivity contribution in [3.05, 3.63) is 47.3 Å². The summed E-state index contributed by atoms with van der Waals surface area (Å²) in [6, 6.07) is 2.00. The number of carbonyl (C=O) groups excluding carboxylic acids is 1. The van der Waals surface area contributed by atoms with E-state index in [4.69, 9.17) is 0 Å². The molecule has 0 bridgehead atoms. The Morgan fingerprint density at radius 1 is 1.26 bits per heavy atom. The van der Waals surface area contributed by atoms with Crippen LogP contribution in [0.5, 0.6) is 0 Å². The molecule has 0 aliphatic rings. The predicted molar refractivity (Wildman–Crippen MR) is 83.4 cm³/mol. The van der Waals surface area contributed by atoms with Crippen molar-refractivity contribution in [1.82, 2.24) is 15.6 Å². The molecule has 1 heterocycles. The average molecular weight is 321 g/mol. The molecule has 0 atom stereocenters. The van der Waals surface area contributed by atoms with Gasteiger partial charge in [0, 0.05) is 28.4 Å². The lowest BCUT2D eigenvalue weighted by atomic mass is 9.90. The van der Waals surface area contributed by atoms with Gasteiger partial charge in [-0.3, -0.25) is 5.10 Å². The van der Waals surface area contributed by atoms with E-state index in [1.807, 2.05) is 20.8 Å². The number of urea groups is 1. The highest BCUT2D eigenvalue weighted by Gasteiger charge is 2.19. The lowest BCUT2D eigenvalue weighted by Gasteiger charge is -2.16. The third kappa shape index (κ3) is 4.60. The van der Waals surface area contributed by atoms with E-state index < -0.39 is 17.7 Å². The van der Waals surface area contributed by atoms with E-state index in [0.717, 1.165) is 23.4 Å². The molecular formula is C15H17F2N5O. The van der Waals surface area contributed by atoms with Crippen molar-refractivity contribution in [3.8, 4) is 0 Å². The van der Waals surface area contributed by atoms with Crippen molar-refractivity contribution >= 4 is 17.9 Å². The minimum atomic E-state index is -0.781. The first-order chi connectivity index (χ1) is 10.8. The minimum absolute atomic E-state index is 0.00566. The van der Waals surface area contributed by atoms with Crippen LogP contribution >= 0.6 is 0 Å². The number of nitrogens with zero attached hydrogens (tertiary/aromatic N) is 2. The zero-order chi connectivity index (χ0) is 17.0. The summed E-state index contributed by atoms with van der Waals surface area (Å²) in [6.07, 6.45) is 3.03. The second-order valence-electron chi connectivity index (χ2n) is 5.93. The van der Waals surface area contributed by atoms with Crippen LogP contribution in [-0.4, -0.2) is 22.4 Å². The topological polar surface area (TPSA) is 82.2 Å². The number of amides is 2. The molecule has 0 saturated carbocycles. The van der Waals surface area contributed by atoms with E-state index >= 15 is 0 Å². The number of hydrazone groups is 1. The van der Waals surface area contributed by atoms with Crippen LogP contribution in [0.2, 0.25) is 0 Å². The number of nitrogens with one attached hydrogen (secondary N) is 3.